The van der Waals surface area contributed by atoms with Crippen molar-refractivity contribution >= 4 is 17.5 Å². The van der Waals surface area contributed by atoms with E-state index >= 15 is 0 Å². The molecule has 0 bridgehead atoms. The maximum Gasteiger partial charge on any atom is 0.225 e. The second kappa shape index (κ2) is 6.28. The molecular weight excluding hydrogens is 198 g/mol. The van der Waals surface area contributed by atoms with Crippen LogP contribution in [0, 0.1) is 5.92 Å². The summed E-state index contributed by atoms with van der Waals surface area (Å²) in [5.41, 5.74) is 0. The Labute approximate surface area is 91.6 Å². The number of carbonyl (C=O) groups excluding carboxylic acids is 1. The van der Waals surface area contributed by atoms with Crippen LogP contribution in [0.15, 0.2) is 0 Å². The zero-order valence-corrected chi connectivity index (χ0v) is 9.72. The minimum Gasteiger partial charge on any atom is -0.342 e. The van der Waals surface area contributed by atoms with Crippen LogP contribution in [0.5, 0.6) is 0 Å². The summed E-state index contributed by atoms with van der Waals surface area (Å²) < 4.78 is 0. The fourth-order valence-electron chi connectivity index (χ4n) is 1.93. The van der Waals surface area contributed by atoms with Gasteiger partial charge in [0.2, 0.25) is 5.91 Å². The monoisotopic (exact) mass is 217 g/mol. The van der Waals surface area contributed by atoms with Gasteiger partial charge in [-0.05, 0) is 25.7 Å². The molecule has 0 aromatic heterocycles. The highest BCUT2D eigenvalue weighted by Gasteiger charge is 2.24. The quantitative estimate of drug-likeness (QED) is 0.512. The highest BCUT2D eigenvalue weighted by Crippen LogP contribution is 2.17. The number of alkyl halides is 1. The summed E-state index contributed by atoms with van der Waals surface area (Å²) in [5.74, 6) is 1.34. The van der Waals surface area contributed by atoms with Crippen LogP contribution in [-0.2, 0) is 4.79 Å². The normalized spacial score (nSPS) is 22.9. The predicted molar refractivity (Wildman–Crippen MR) is 59.5 cm³/mol. The van der Waals surface area contributed by atoms with E-state index in [0.29, 0.717) is 5.91 Å². The van der Waals surface area contributed by atoms with Crippen LogP contribution in [0.1, 0.15) is 39.0 Å². The summed E-state index contributed by atoms with van der Waals surface area (Å²) in [6.45, 7) is 3.93. The number of unbranched alkanes of at least 4 members (excludes halogenated alkanes) is 2. The van der Waals surface area contributed by atoms with Crippen LogP contribution in [-0.4, -0.2) is 29.8 Å². The number of halogens is 1. The molecule has 2 nitrogen and oxygen atoms in total. The van der Waals surface area contributed by atoms with Crippen molar-refractivity contribution in [3.8, 4) is 0 Å². The second-order valence-corrected chi connectivity index (χ2v) is 4.50. The molecule has 1 fully saturated rings. The van der Waals surface area contributed by atoms with Crippen molar-refractivity contribution in [1.82, 2.24) is 4.90 Å². The summed E-state index contributed by atoms with van der Waals surface area (Å²) >= 11 is 5.59. The summed E-state index contributed by atoms with van der Waals surface area (Å²) in [6, 6.07) is 0. The Bertz CT molecular complexity index is 184. The van der Waals surface area contributed by atoms with Crippen molar-refractivity contribution in [3.05, 3.63) is 0 Å². The molecule has 0 spiro atoms. The lowest BCUT2D eigenvalue weighted by molar-refractivity contribution is -0.137. The number of rotatable bonds is 5. The minimum atomic E-state index is 0.247. The Morgan fingerprint density at radius 3 is 2.93 bits per heavy atom. The minimum absolute atomic E-state index is 0.247. The number of piperidine rings is 1. The first-order valence-electron chi connectivity index (χ1n) is 5.60. The molecule has 1 heterocycles. The second-order valence-electron chi connectivity index (χ2n) is 4.12. The van der Waals surface area contributed by atoms with E-state index in [2.05, 4.69) is 0 Å². The fourth-order valence-corrected chi connectivity index (χ4v) is 2.12. The first kappa shape index (κ1) is 11.8. The van der Waals surface area contributed by atoms with Crippen LogP contribution in [0.2, 0.25) is 0 Å². The topological polar surface area (TPSA) is 20.3 Å². The van der Waals surface area contributed by atoms with E-state index in [-0.39, 0.29) is 5.92 Å². The number of carbonyl (C=O) groups is 1. The number of likely N-dealkylation sites (tertiary alicyclic amines) is 1. The zero-order valence-electron chi connectivity index (χ0n) is 8.97. The first-order chi connectivity index (χ1) is 6.75. The lowest BCUT2D eigenvalue weighted by Gasteiger charge is -2.30. The van der Waals surface area contributed by atoms with E-state index in [9.17, 15) is 4.79 Å². The molecule has 1 aliphatic heterocycles. The Balaban J connectivity index is 2.19. The molecule has 1 atom stereocenters. The number of nitrogens with zero attached hydrogens (tertiary/aromatic N) is 1. The maximum atomic E-state index is 11.7. The van der Waals surface area contributed by atoms with E-state index < -0.39 is 0 Å². The number of hydrogen-bond acceptors (Lipinski definition) is 1. The SMILES string of the molecule is CC1CCCN(CCCCCCl)C1=O. The van der Waals surface area contributed by atoms with Crippen LogP contribution in [0.3, 0.4) is 0 Å². The Morgan fingerprint density at radius 2 is 2.21 bits per heavy atom. The molecule has 0 aromatic rings. The van der Waals surface area contributed by atoms with Gasteiger partial charge in [0, 0.05) is 24.9 Å². The lowest BCUT2D eigenvalue weighted by Crippen LogP contribution is -2.40. The number of hydrogen-bond donors (Lipinski definition) is 0. The summed E-state index contributed by atoms with van der Waals surface area (Å²) in [5, 5.41) is 0. The first-order valence-corrected chi connectivity index (χ1v) is 6.14. The fraction of sp³-hybridized carbons (Fsp3) is 0.909. The summed E-state index contributed by atoms with van der Waals surface area (Å²) in [6.07, 6.45) is 5.55. The summed E-state index contributed by atoms with van der Waals surface area (Å²) in [7, 11) is 0. The average molecular weight is 218 g/mol. The highest BCUT2D eigenvalue weighted by molar-refractivity contribution is 6.17. The van der Waals surface area contributed by atoms with Gasteiger partial charge in [-0.3, -0.25) is 4.79 Å². The lowest BCUT2D eigenvalue weighted by atomic mass is 9.99. The van der Waals surface area contributed by atoms with Gasteiger partial charge in [0.1, 0.15) is 0 Å². The van der Waals surface area contributed by atoms with Gasteiger partial charge in [0.05, 0.1) is 0 Å². The van der Waals surface area contributed by atoms with Crippen LogP contribution in [0.4, 0.5) is 0 Å². The Kier molecular flexibility index (Phi) is 5.31. The molecule has 1 saturated heterocycles. The molecule has 3 heteroatoms. The van der Waals surface area contributed by atoms with Gasteiger partial charge in [-0.15, -0.1) is 11.6 Å². The Hall–Kier alpha value is -0.240. The van der Waals surface area contributed by atoms with Gasteiger partial charge >= 0.3 is 0 Å². The molecule has 1 aliphatic rings. The van der Waals surface area contributed by atoms with Crippen LogP contribution < -0.4 is 0 Å². The zero-order chi connectivity index (χ0) is 10.4. The highest BCUT2D eigenvalue weighted by atomic mass is 35.5. The molecule has 0 aromatic carbocycles. The van der Waals surface area contributed by atoms with Crippen molar-refractivity contribution in [2.24, 2.45) is 5.92 Å². The maximum absolute atomic E-state index is 11.7. The van der Waals surface area contributed by atoms with E-state index in [1.807, 2.05) is 11.8 Å². The van der Waals surface area contributed by atoms with Crippen molar-refractivity contribution in [2.75, 3.05) is 19.0 Å². The number of amides is 1. The average Bonchev–Trinajstić information content (AvgIpc) is 2.19. The van der Waals surface area contributed by atoms with E-state index in [0.717, 1.165) is 44.7 Å². The largest absolute Gasteiger partial charge is 0.342 e. The molecule has 82 valence electrons. The van der Waals surface area contributed by atoms with Gasteiger partial charge in [0.15, 0.2) is 0 Å². The van der Waals surface area contributed by atoms with Crippen molar-refractivity contribution in [1.29, 1.82) is 0 Å². The third-order valence-electron chi connectivity index (χ3n) is 2.86. The van der Waals surface area contributed by atoms with Crippen molar-refractivity contribution in [2.45, 2.75) is 39.0 Å². The molecule has 1 amide bonds. The van der Waals surface area contributed by atoms with Gasteiger partial charge < -0.3 is 4.90 Å². The standard InChI is InChI=1S/C11H20ClNO/c1-10-6-5-9-13(11(10)14)8-4-2-3-7-12/h10H,2-9H2,1H3. The Morgan fingerprint density at radius 1 is 1.43 bits per heavy atom. The van der Waals surface area contributed by atoms with Gasteiger partial charge in [-0.2, -0.15) is 0 Å². The van der Waals surface area contributed by atoms with Gasteiger partial charge in [-0.1, -0.05) is 13.3 Å². The smallest absolute Gasteiger partial charge is 0.225 e. The van der Waals surface area contributed by atoms with Crippen LogP contribution >= 0.6 is 11.6 Å². The molecule has 0 N–H and O–H groups in total. The van der Waals surface area contributed by atoms with E-state index in [4.69, 9.17) is 11.6 Å². The molecule has 1 unspecified atom stereocenters. The molecule has 0 saturated carbocycles. The molecular formula is C11H20ClNO. The molecule has 0 radical (unpaired) electrons. The predicted octanol–water partition coefficient (Wildman–Crippen LogP) is 2.65. The summed E-state index contributed by atoms with van der Waals surface area (Å²) in [4.78, 5) is 13.7. The van der Waals surface area contributed by atoms with Crippen molar-refractivity contribution in [3.63, 3.8) is 0 Å². The van der Waals surface area contributed by atoms with Gasteiger partial charge in [-0.25, -0.2) is 0 Å². The van der Waals surface area contributed by atoms with E-state index in [1.165, 1.54) is 6.42 Å². The molecule has 0 aliphatic carbocycles. The van der Waals surface area contributed by atoms with Crippen LogP contribution in [0.25, 0.3) is 0 Å². The van der Waals surface area contributed by atoms with E-state index in [1.54, 1.807) is 0 Å². The van der Waals surface area contributed by atoms with Gasteiger partial charge in [0.25, 0.3) is 0 Å². The third-order valence-corrected chi connectivity index (χ3v) is 3.13. The molecule has 1 rings (SSSR count). The third kappa shape index (κ3) is 3.49. The molecule has 14 heavy (non-hydrogen) atoms. The van der Waals surface area contributed by atoms with Crippen molar-refractivity contribution < 1.29 is 4.79 Å².